The van der Waals surface area contributed by atoms with Gasteiger partial charge in [-0.2, -0.15) is 5.26 Å². The molecule has 0 saturated heterocycles. The summed E-state index contributed by atoms with van der Waals surface area (Å²) in [6.07, 6.45) is 2.01. The van der Waals surface area contributed by atoms with Crippen LogP contribution in [0, 0.1) is 17.2 Å². The zero-order valence-electron chi connectivity index (χ0n) is 9.83. The van der Waals surface area contributed by atoms with Crippen LogP contribution in [0.4, 0.5) is 0 Å². The molecule has 1 fully saturated rings. The van der Waals surface area contributed by atoms with Crippen molar-refractivity contribution in [3.05, 3.63) is 29.8 Å². The number of nitriles is 1. The lowest BCUT2D eigenvalue weighted by Crippen LogP contribution is -2.41. The number of nitrogens with one attached hydrogen (secondary N) is 1. The summed E-state index contributed by atoms with van der Waals surface area (Å²) < 4.78 is 27.0. The second-order valence-electron chi connectivity index (χ2n) is 4.41. The van der Waals surface area contributed by atoms with Gasteiger partial charge in [0.05, 0.1) is 10.5 Å². The minimum Gasteiger partial charge on any atom is -0.329 e. The van der Waals surface area contributed by atoms with Gasteiger partial charge in [-0.1, -0.05) is 12.1 Å². The van der Waals surface area contributed by atoms with Crippen LogP contribution in [0.1, 0.15) is 18.4 Å². The molecule has 0 heterocycles. The summed E-state index contributed by atoms with van der Waals surface area (Å²) in [4.78, 5) is 0.0200. The first-order valence-corrected chi connectivity index (χ1v) is 7.28. The molecule has 5 nitrogen and oxygen atoms in total. The van der Waals surface area contributed by atoms with Crippen molar-refractivity contribution in [2.45, 2.75) is 23.8 Å². The van der Waals surface area contributed by atoms with E-state index in [1.165, 1.54) is 12.1 Å². The predicted octanol–water partition coefficient (Wildman–Crippen LogP) is 0.574. The predicted molar refractivity (Wildman–Crippen MR) is 67.0 cm³/mol. The first kappa shape index (κ1) is 13.0. The van der Waals surface area contributed by atoms with Gasteiger partial charge in [-0.25, -0.2) is 13.1 Å². The molecule has 6 heteroatoms. The van der Waals surface area contributed by atoms with Gasteiger partial charge < -0.3 is 5.73 Å². The number of nitrogens with two attached hydrogens (primary N) is 1. The Hall–Kier alpha value is -1.42. The van der Waals surface area contributed by atoms with Gasteiger partial charge in [0.1, 0.15) is 6.07 Å². The second-order valence-corrected chi connectivity index (χ2v) is 6.09. The summed E-state index contributed by atoms with van der Waals surface area (Å²) in [6.45, 7) is 0.276. The first-order valence-electron chi connectivity index (χ1n) is 5.80. The van der Waals surface area contributed by atoms with E-state index in [4.69, 9.17) is 11.0 Å². The van der Waals surface area contributed by atoms with Gasteiger partial charge in [0.15, 0.2) is 0 Å². The summed E-state index contributed by atoms with van der Waals surface area (Å²) in [5.41, 5.74) is 5.73. The molecule has 1 atom stereocenters. The van der Waals surface area contributed by atoms with Crippen LogP contribution in [0.2, 0.25) is 0 Å². The van der Waals surface area contributed by atoms with Crippen molar-refractivity contribution < 1.29 is 8.42 Å². The van der Waals surface area contributed by atoms with Gasteiger partial charge in [0.2, 0.25) is 10.0 Å². The molecule has 1 saturated carbocycles. The third kappa shape index (κ3) is 2.70. The molecule has 0 amide bonds. The largest absolute Gasteiger partial charge is 0.329 e. The van der Waals surface area contributed by atoms with Crippen molar-refractivity contribution in [1.82, 2.24) is 4.72 Å². The molecule has 0 bridgehead atoms. The van der Waals surface area contributed by atoms with Crippen LogP contribution >= 0.6 is 0 Å². The molecular formula is C12H15N3O2S. The molecule has 3 N–H and O–H groups in total. The Labute approximate surface area is 107 Å². The van der Waals surface area contributed by atoms with Crippen molar-refractivity contribution in [2.24, 2.45) is 11.7 Å². The van der Waals surface area contributed by atoms with E-state index in [1.807, 2.05) is 6.07 Å². The standard InChI is InChI=1S/C12H15N3O2S/c13-7-10-3-1-2-4-12(10)18(16,17)15-11(8-14)9-5-6-9/h1-4,9,11,15H,5-6,8,14H2. The maximum Gasteiger partial charge on any atom is 0.242 e. The van der Waals surface area contributed by atoms with Crippen molar-refractivity contribution >= 4 is 10.0 Å². The Balaban J connectivity index is 2.27. The van der Waals surface area contributed by atoms with E-state index in [1.54, 1.807) is 12.1 Å². The van der Waals surface area contributed by atoms with E-state index < -0.39 is 10.0 Å². The fourth-order valence-corrected chi connectivity index (χ4v) is 3.37. The first-order chi connectivity index (χ1) is 8.58. The third-order valence-corrected chi connectivity index (χ3v) is 4.60. The molecule has 0 radical (unpaired) electrons. The van der Waals surface area contributed by atoms with Crippen molar-refractivity contribution in [1.29, 1.82) is 5.26 Å². The topological polar surface area (TPSA) is 96.0 Å². The average Bonchev–Trinajstić information content (AvgIpc) is 3.20. The highest BCUT2D eigenvalue weighted by molar-refractivity contribution is 7.89. The van der Waals surface area contributed by atoms with E-state index in [0.717, 1.165) is 12.8 Å². The van der Waals surface area contributed by atoms with Gasteiger partial charge in [-0.3, -0.25) is 0 Å². The summed E-state index contributed by atoms with van der Waals surface area (Å²) in [6, 6.07) is 7.81. The van der Waals surface area contributed by atoms with E-state index >= 15 is 0 Å². The smallest absolute Gasteiger partial charge is 0.242 e. The quantitative estimate of drug-likeness (QED) is 0.813. The monoisotopic (exact) mass is 265 g/mol. The van der Waals surface area contributed by atoms with Crippen molar-refractivity contribution in [3.63, 3.8) is 0 Å². The molecule has 0 spiro atoms. The van der Waals surface area contributed by atoms with E-state index in [0.29, 0.717) is 5.92 Å². The van der Waals surface area contributed by atoms with Gasteiger partial charge in [0.25, 0.3) is 0 Å². The minimum absolute atomic E-state index is 0.0200. The molecular weight excluding hydrogens is 250 g/mol. The normalized spacial score (nSPS) is 17.1. The second kappa shape index (κ2) is 5.06. The summed E-state index contributed by atoms with van der Waals surface area (Å²) >= 11 is 0. The Morgan fingerprint density at radius 2 is 2.11 bits per heavy atom. The van der Waals surface area contributed by atoms with Crippen LogP contribution in [0.5, 0.6) is 0 Å². The molecule has 2 rings (SSSR count). The number of rotatable bonds is 5. The SMILES string of the molecule is N#Cc1ccccc1S(=O)(=O)NC(CN)C1CC1. The number of benzene rings is 1. The van der Waals surface area contributed by atoms with Gasteiger partial charge in [-0.05, 0) is 30.9 Å². The van der Waals surface area contributed by atoms with Crippen molar-refractivity contribution in [3.8, 4) is 6.07 Å². The van der Waals surface area contributed by atoms with Gasteiger partial charge in [0, 0.05) is 12.6 Å². The lowest BCUT2D eigenvalue weighted by Gasteiger charge is -2.16. The zero-order chi connectivity index (χ0) is 13.2. The van der Waals surface area contributed by atoms with Crippen LogP contribution in [-0.4, -0.2) is 21.0 Å². The van der Waals surface area contributed by atoms with Crippen molar-refractivity contribution in [2.75, 3.05) is 6.54 Å². The highest BCUT2D eigenvalue weighted by Gasteiger charge is 2.33. The lowest BCUT2D eigenvalue weighted by atomic mass is 10.2. The molecule has 0 aliphatic heterocycles. The van der Waals surface area contributed by atoms with Crippen LogP contribution < -0.4 is 10.5 Å². The van der Waals surface area contributed by atoms with Crippen LogP contribution in [0.3, 0.4) is 0 Å². The fraction of sp³-hybridized carbons (Fsp3) is 0.417. The molecule has 0 aromatic heterocycles. The summed E-state index contributed by atoms with van der Waals surface area (Å²) in [5.74, 6) is 0.332. The Kier molecular flexibility index (Phi) is 3.66. The van der Waals surface area contributed by atoms with E-state index in [9.17, 15) is 8.42 Å². The summed E-state index contributed by atoms with van der Waals surface area (Å²) in [7, 11) is -3.67. The molecule has 1 aliphatic rings. The zero-order valence-corrected chi connectivity index (χ0v) is 10.7. The van der Waals surface area contributed by atoms with Crippen LogP contribution in [0.15, 0.2) is 29.2 Å². The number of hydrogen-bond donors (Lipinski definition) is 2. The minimum atomic E-state index is -3.67. The third-order valence-electron chi connectivity index (χ3n) is 3.05. The van der Waals surface area contributed by atoms with Gasteiger partial charge >= 0.3 is 0 Å². The van der Waals surface area contributed by atoms with Gasteiger partial charge in [-0.15, -0.1) is 0 Å². The van der Waals surface area contributed by atoms with Crippen LogP contribution in [0.25, 0.3) is 0 Å². The highest BCUT2D eigenvalue weighted by atomic mass is 32.2. The maximum atomic E-state index is 12.2. The molecule has 18 heavy (non-hydrogen) atoms. The molecule has 1 unspecified atom stereocenters. The lowest BCUT2D eigenvalue weighted by molar-refractivity contribution is 0.519. The number of sulfonamides is 1. The Morgan fingerprint density at radius 3 is 2.67 bits per heavy atom. The van der Waals surface area contributed by atoms with E-state index in [2.05, 4.69) is 4.72 Å². The van der Waals surface area contributed by atoms with Crippen LogP contribution in [-0.2, 0) is 10.0 Å². The number of hydrogen-bond acceptors (Lipinski definition) is 4. The fourth-order valence-electron chi connectivity index (χ4n) is 1.89. The average molecular weight is 265 g/mol. The maximum absolute atomic E-state index is 12.2. The van der Waals surface area contributed by atoms with E-state index in [-0.39, 0.29) is 23.0 Å². The molecule has 1 aliphatic carbocycles. The summed E-state index contributed by atoms with van der Waals surface area (Å²) in [5, 5.41) is 8.93. The highest BCUT2D eigenvalue weighted by Crippen LogP contribution is 2.33. The molecule has 96 valence electrons. The Bertz CT molecular complexity index is 573. The number of nitrogens with zero attached hydrogens (tertiary/aromatic N) is 1. The molecule has 1 aromatic carbocycles. The molecule has 1 aromatic rings. The Morgan fingerprint density at radius 1 is 1.44 bits per heavy atom.